The first-order valence-corrected chi connectivity index (χ1v) is 8.16. The van der Waals surface area contributed by atoms with Crippen molar-refractivity contribution in [2.45, 2.75) is 44.9 Å². The summed E-state index contributed by atoms with van der Waals surface area (Å²) in [5, 5.41) is 3.19. The van der Waals surface area contributed by atoms with E-state index in [1.165, 1.54) is 4.57 Å². The van der Waals surface area contributed by atoms with Gasteiger partial charge >= 0.3 is 5.69 Å². The monoisotopic (exact) mass is 313 g/mol. The molecule has 118 valence electrons. The lowest BCUT2D eigenvalue weighted by Gasteiger charge is -2.21. The Balaban J connectivity index is 2.03. The minimum Gasteiger partial charge on any atom is -0.378 e. The minimum atomic E-state index is -0.299. The first kappa shape index (κ1) is 16.3. The molecule has 0 aromatic carbocycles. The van der Waals surface area contributed by atoms with Gasteiger partial charge in [0.15, 0.2) is 0 Å². The smallest absolute Gasteiger partial charge is 0.351 e. The molecule has 1 aliphatic rings. The Bertz CT molecular complexity index is 527. The maximum absolute atomic E-state index is 12.1. The van der Waals surface area contributed by atoms with E-state index in [9.17, 15) is 4.79 Å². The van der Waals surface area contributed by atoms with Crippen LogP contribution in [0.1, 0.15) is 33.9 Å². The van der Waals surface area contributed by atoms with Crippen molar-refractivity contribution in [1.82, 2.24) is 9.55 Å². The summed E-state index contributed by atoms with van der Waals surface area (Å²) in [5.74, 6) is 1.31. The predicted molar refractivity (Wildman–Crippen MR) is 84.7 cm³/mol. The van der Waals surface area contributed by atoms with Gasteiger partial charge in [-0.25, -0.2) is 4.79 Å². The summed E-state index contributed by atoms with van der Waals surface area (Å²) in [5.41, 5.74) is -0.449. The third-order valence-corrected chi connectivity index (χ3v) is 3.93. The summed E-state index contributed by atoms with van der Waals surface area (Å²) in [7, 11) is 0. The molecule has 0 unspecified atom stereocenters. The Morgan fingerprint density at radius 2 is 2.33 bits per heavy atom. The highest BCUT2D eigenvalue weighted by atomic mass is 32.2. The van der Waals surface area contributed by atoms with Crippen molar-refractivity contribution in [2.75, 3.05) is 24.3 Å². The molecule has 0 saturated carbocycles. The third kappa shape index (κ3) is 4.72. The van der Waals surface area contributed by atoms with Crippen LogP contribution in [-0.4, -0.2) is 39.5 Å². The van der Waals surface area contributed by atoms with E-state index in [1.54, 1.807) is 24.0 Å². The molecule has 1 fully saturated rings. The van der Waals surface area contributed by atoms with Crippen LogP contribution < -0.4 is 11.0 Å². The molecule has 0 aliphatic carbocycles. The van der Waals surface area contributed by atoms with Crippen LogP contribution in [0.15, 0.2) is 17.1 Å². The molecule has 0 spiro atoms. The number of nitrogens with zero attached hydrogens (tertiary/aromatic N) is 2. The van der Waals surface area contributed by atoms with E-state index >= 15 is 0 Å². The molecule has 2 rings (SSSR count). The molecule has 2 atom stereocenters. The molecule has 0 bridgehead atoms. The van der Waals surface area contributed by atoms with Gasteiger partial charge in [0.1, 0.15) is 17.5 Å². The molecule has 2 heterocycles. The Morgan fingerprint density at radius 1 is 1.57 bits per heavy atom. The number of nitrogens with one attached hydrogen (secondary N) is 1. The van der Waals surface area contributed by atoms with Gasteiger partial charge in [-0.15, -0.1) is 11.8 Å². The fraction of sp³-hybridized carbons (Fsp3) is 0.714. The highest BCUT2D eigenvalue weighted by molar-refractivity contribution is 8.00. The zero-order valence-electron chi connectivity index (χ0n) is 13.0. The van der Waals surface area contributed by atoms with Crippen LogP contribution in [-0.2, 0) is 9.47 Å². The van der Waals surface area contributed by atoms with Crippen molar-refractivity contribution in [3.63, 3.8) is 0 Å². The first-order chi connectivity index (χ1) is 9.89. The van der Waals surface area contributed by atoms with Gasteiger partial charge < -0.3 is 14.8 Å². The Hall–Kier alpha value is -1.05. The average molecular weight is 313 g/mol. The quantitative estimate of drug-likeness (QED) is 0.898. The number of thioether (sulfide) groups is 1. The zero-order valence-corrected chi connectivity index (χ0v) is 13.8. The summed E-state index contributed by atoms with van der Waals surface area (Å²) in [6, 6.07) is 1.80. The summed E-state index contributed by atoms with van der Waals surface area (Å²) in [6.45, 7) is 9.23. The summed E-state index contributed by atoms with van der Waals surface area (Å²) in [4.78, 5) is 16.2. The standard InChI is InChI=1S/C14H23N3O3S/c1-5-19-8-12-20-11(9-21-12)17-7-6-10(15-13(17)18)16-14(2,3)4/h6-7,11-12H,5,8-9H2,1-4H3,(H,15,16,18)/t11-,12+/m1/s1. The van der Waals surface area contributed by atoms with Crippen molar-refractivity contribution in [1.29, 1.82) is 0 Å². The second kappa shape index (κ2) is 6.81. The molecule has 1 aliphatic heterocycles. The maximum Gasteiger partial charge on any atom is 0.351 e. The second-order valence-electron chi connectivity index (χ2n) is 5.89. The number of anilines is 1. The lowest BCUT2D eigenvalue weighted by molar-refractivity contribution is -0.0226. The molecule has 1 aromatic rings. The largest absolute Gasteiger partial charge is 0.378 e. The third-order valence-electron chi connectivity index (χ3n) is 2.83. The molecule has 1 N–H and O–H groups in total. The van der Waals surface area contributed by atoms with Crippen molar-refractivity contribution in [2.24, 2.45) is 0 Å². The van der Waals surface area contributed by atoms with Crippen LogP contribution in [0, 0.1) is 0 Å². The molecule has 0 radical (unpaired) electrons. The van der Waals surface area contributed by atoms with Gasteiger partial charge in [-0.3, -0.25) is 4.57 Å². The normalized spacial score (nSPS) is 22.5. The SMILES string of the molecule is CCOC[C@H]1O[C@@H](n2ccc(NC(C)(C)C)nc2=O)CS1. The molecule has 1 saturated heterocycles. The van der Waals surface area contributed by atoms with Crippen LogP contribution in [0.5, 0.6) is 0 Å². The lowest BCUT2D eigenvalue weighted by atomic mass is 10.1. The van der Waals surface area contributed by atoms with Gasteiger partial charge in [-0.2, -0.15) is 4.98 Å². The van der Waals surface area contributed by atoms with Crippen LogP contribution in [0.25, 0.3) is 0 Å². The molecule has 7 heteroatoms. The molecular weight excluding hydrogens is 290 g/mol. The van der Waals surface area contributed by atoms with Gasteiger partial charge in [-0.05, 0) is 33.8 Å². The number of ether oxygens (including phenoxy) is 2. The van der Waals surface area contributed by atoms with E-state index in [0.717, 1.165) is 5.75 Å². The van der Waals surface area contributed by atoms with Gasteiger partial charge in [-0.1, -0.05) is 0 Å². The first-order valence-electron chi connectivity index (χ1n) is 7.11. The van der Waals surface area contributed by atoms with Crippen LogP contribution in [0.3, 0.4) is 0 Å². The van der Waals surface area contributed by atoms with Crippen LogP contribution in [0.2, 0.25) is 0 Å². The van der Waals surface area contributed by atoms with E-state index < -0.39 is 0 Å². The van der Waals surface area contributed by atoms with Crippen LogP contribution in [0.4, 0.5) is 5.82 Å². The van der Waals surface area contributed by atoms with E-state index in [0.29, 0.717) is 19.0 Å². The lowest BCUT2D eigenvalue weighted by Crippen LogP contribution is -2.32. The van der Waals surface area contributed by atoms with Crippen molar-refractivity contribution in [3.8, 4) is 0 Å². The van der Waals surface area contributed by atoms with E-state index in [2.05, 4.69) is 10.3 Å². The Labute approximate surface area is 129 Å². The average Bonchev–Trinajstić information content (AvgIpc) is 2.83. The summed E-state index contributed by atoms with van der Waals surface area (Å²) >= 11 is 1.66. The minimum absolute atomic E-state index is 0.0192. The molecule has 6 nitrogen and oxygen atoms in total. The topological polar surface area (TPSA) is 65.4 Å². The summed E-state index contributed by atoms with van der Waals surface area (Å²) in [6.07, 6.45) is 1.46. The number of hydrogen-bond acceptors (Lipinski definition) is 6. The molecule has 1 aromatic heterocycles. The van der Waals surface area contributed by atoms with Crippen LogP contribution >= 0.6 is 11.8 Å². The second-order valence-corrected chi connectivity index (χ2v) is 7.08. The van der Waals surface area contributed by atoms with Crippen molar-refractivity contribution in [3.05, 3.63) is 22.7 Å². The van der Waals surface area contributed by atoms with Gasteiger partial charge in [0.05, 0.1) is 6.61 Å². The highest BCUT2D eigenvalue weighted by Crippen LogP contribution is 2.31. The fourth-order valence-electron chi connectivity index (χ4n) is 1.98. The highest BCUT2D eigenvalue weighted by Gasteiger charge is 2.28. The van der Waals surface area contributed by atoms with Crippen molar-refractivity contribution < 1.29 is 9.47 Å². The Kier molecular flexibility index (Phi) is 5.29. The number of rotatable bonds is 5. The molecular formula is C14H23N3O3S. The summed E-state index contributed by atoms with van der Waals surface area (Å²) < 4.78 is 12.7. The zero-order chi connectivity index (χ0) is 15.5. The van der Waals surface area contributed by atoms with E-state index in [4.69, 9.17) is 9.47 Å². The molecule has 21 heavy (non-hydrogen) atoms. The predicted octanol–water partition coefficient (Wildman–Crippen LogP) is 2.08. The van der Waals surface area contributed by atoms with Gasteiger partial charge in [0, 0.05) is 24.1 Å². The Morgan fingerprint density at radius 3 is 2.95 bits per heavy atom. The van der Waals surface area contributed by atoms with Crippen molar-refractivity contribution >= 4 is 17.6 Å². The number of aromatic nitrogens is 2. The van der Waals surface area contributed by atoms with E-state index in [-0.39, 0.29) is 22.9 Å². The molecule has 0 amide bonds. The van der Waals surface area contributed by atoms with E-state index in [1.807, 2.05) is 27.7 Å². The van der Waals surface area contributed by atoms with Gasteiger partial charge in [0.2, 0.25) is 0 Å². The maximum atomic E-state index is 12.1. The van der Waals surface area contributed by atoms with Gasteiger partial charge in [0.25, 0.3) is 0 Å². The fourth-order valence-corrected chi connectivity index (χ4v) is 2.99. The number of hydrogen-bond donors (Lipinski definition) is 1.